The number of thiophene rings is 1. The molecule has 0 atom stereocenters. The van der Waals surface area contributed by atoms with Gasteiger partial charge in [-0.2, -0.15) is 0 Å². The second kappa shape index (κ2) is 11.1. The van der Waals surface area contributed by atoms with E-state index in [1.54, 1.807) is 30.3 Å². The van der Waals surface area contributed by atoms with Gasteiger partial charge in [0.25, 0.3) is 0 Å². The SMILES string of the molecule is CN(C)C(=O)CN=C(NCCc1cccs1)NCCN1CCOCC1. The standard InChI is InChI=1S/C17H29N5O2S/c1-21(2)16(23)14-20-17(18-6-5-15-4-3-13-25-15)19-7-8-22-9-11-24-12-10-22/h3-4,13H,5-12,14H2,1-2H3,(H2,18,19,20). The van der Waals surface area contributed by atoms with E-state index >= 15 is 0 Å². The number of carbonyl (C=O) groups excluding carboxylic acids is 1. The molecule has 0 unspecified atom stereocenters. The van der Waals surface area contributed by atoms with Crippen LogP contribution in [0.3, 0.4) is 0 Å². The van der Waals surface area contributed by atoms with E-state index in [1.807, 2.05) is 0 Å². The highest BCUT2D eigenvalue weighted by Gasteiger charge is 2.10. The van der Waals surface area contributed by atoms with Gasteiger partial charge in [0.1, 0.15) is 6.54 Å². The zero-order chi connectivity index (χ0) is 17.9. The topological polar surface area (TPSA) is 69.2 Å². The van der Waals surface area contributed by atoms with Gasteiger partial charge in [0.2, 0.25) is 5.91 Å². The summed E-state index contributed by atoms with van der Waals surface area (Å²) in [5, 5.41) is 8.74. The number of hydrogen-bond donors (Lipinski definition) is 2. The van der Waals surface area contributed by atoms with Gasteiger partial charge in [0.15, 0.2) is 5.96 Å². The van der Waals surface area contributed by atoms with Crippen LogP contribution in [-0.4, -0.2) is 88.2 Å². The van der Waals surface area contributed by atoms with Crippen LogP contribution in [0.2, 0.25) is 0 Å². The van der Waals surface area contributed by atoms with Gasteiger partial charge in [-0.3, -0.25) is 9.69 Å². The van der Waals surface area contributed by atoms with Crippen LogP contribution in [-0.2, 0) is 16.0 Å². The highest BCUT2D eigenvalue weighted by atomic mass is 32.1. The molecule has 7 nitrogen and oxygen atoms in total. The lowest BCUT2D eigenvalue weighted by Gasteiger charge is -2.26. The minimum Gasteiger partial charge on any atom is -0.379 e. The summed E-state index contributed by atoms with van der Waals surface area (Å²) in [5.74, 6) is 0.688. The summed E-state index contributed by atoms with van der Waals surface area (Å²) in [6.07, 6.45) is 0.948. The average Bonchev–Trinajstić information content (AvgIpc) is 3.13. The monoisotopic (exact) mass is 367 g/mol. The fraction of sp³-hybridized carbons (Fsp3) is 0.647. The molecule has 0 radical (unpaired) electrons. The van der Waals surface area contributed by atoms with Crippen molar-refractivity contribution in [3.63, 3.8) is 0 Å². The molecular formula is C17H29N5O2S. The third-order valence-corrected chi connectivity index (χ3v) is 4.88. The highest BCUT2D eigenvalue weighted by Crippen LogP contribution is 2.07. The minimum absolute atomic E-state index is 0.00691. The molecule has 1 fully saturated rings. The Bertz CT molecular complexity index is 527. The van der Waals surface area contributed by atoms with Crippen molar-refractivity contribution in [1.29, 1.82) is 0 Å². The number of rotatable bonds is 8. The van der Waals surface area contributed by atoms with Crippen molar-refractivity contribution in [2.24, 2.45) is 4.99 Å². The maximum absolute atomic E-state index is 11.8. The Morgan fingerprint density at radius 3 is 2.76 bits per heavy atom. The number of nitrogens with one attached hydrogen (secondary N) is 2. The Balaban J connectivity index is 1.77. The molecule has 2 rings (SSSR count). The van der Waals surface area contributed by atoms with Gasteiger partial charge >= 0.3 is 0 Å². The molecule has 140 valence electrons. The fourth-order valence-corrected chi connectivity index (χ4v) is 3.09. The maximum Gasteiger partial charge on any atom is 0.243 e. The van der Waals surface area contributed by atoms with Crippen LogP contribution in [0.5, 0.6) is 0 Å². The summed E-state index contributed by atoms with van der Waals surface area (Å²) >= 11 is 1.75. The molecule has 1 saturated heterocycles. The summed E-state index contributed by atoms with van der Waals surface area (Å²) in [4.78, 5) is 21.4. The Morgan fingerprint density at radius 1 is 1.32 bits per heavy atom. The molecule has 1 aromatic rings. The summed E-state index contributed by atoms with van der Waals surface area (Å²) in [6.45, 7) is 6.23. The number of ether oxygens (including phenoxy) is 1. The number of likely N-dealkylation sites (N-methyl/N-ethyl adjacent to an activating group) is 1. The molecule has 0 aliphatic carbocycles. The van der Waals surface area contributed by atoms with E-state index in [0.717, 1.165) is 52.4 Å². The predicted molar refractivity (Wildman–Crippen MR) is 102 cm³/mol. The van der Waals surface area contributed by atoms with E-state index in [0.29, 0.717) is 5.96 Å². The van der Waals surface area contributed by atoms with Crippen LogP contribution in [0.1, 0.15) is 4.88 Å². The number of carbonyl (C=O) groups is 1. The van der Waals surface area contributed by atoms with Crippen LogP contribution in [0.15, 0.2) is 22.5 Å². The lowest BCUT2D eigenvalue weighted by Crippen LogP contribution is -2.45. The molecule has 25 heavy (non-hydrogen) atoms. The summed E-state index contributed by atoms with van der Waals surface area (Å²) in [7, 11) is 3.49. The van der Waals surface area contributed by atoms with Crippen LogP contribution >= 0.6 is 11.3 Å². The first-order chi connectivity index (χ1) is 12.1. The van der Waals surface area contributed by atoms with Crippen molar-refractivity contribution in [2.75, 3.05) is 66.6 Å². The van der Waals surface area contributed by atoms with Gasteiger partial charge < -0.3 is 20.3 Å². The summed E-state index contributed by atoms with van der Waals surface area (Å²) in [6, 6.07) is 4.19. The van der Waals surface area contributed by atoms with Crippen LogP contribution in [0.4, 0.5) is 0 Å². The first kappa shape index (κ1) is 19.7. The van der Waals surface area contributed by atoms with E-state index in [4.69, 9.17) is 4.74 Å². The molecule has 2 N–H and O–H groups in total. The number of aliphatic imine (C=N–C) groups is 1. The van der Waals surface area contributed by atoms with Crippen molar-refractivity contribution in [3.8, 4) is 0 Å². The molecule has 1 aliphatic heterocycles. The van der Waals surface area contributed by atoms with Crippen molar-refractivity contribution in [2.45, 2.75) is 6.42 Å². The third-order valence-electron chi connectivity index (χ3n) is 3.94. The van der Waals surface area contributed by atoms with Crippen molar-refractivity contribution >= 4 is 23.2 Å². The molecule has 1 aromatic heterocycles. The van der Waals surface area contributed by atoms with Crippen LogP contribution < -0.4 is 10.6 Å². The van der Waals surface area contributed by atoms with Crippen molar-refractivity contribution in [1.82, 2.24) is 20.4 Å². The lowest BCUT2D eigenvalue weighted by atomic mass is 10.3. The summed E-state index contributed by atoms with van der Waals surface area (Å²) in [5.41, 5.74) is 0. The van der Waals surface area contributed by atoms with Gasteiger partial charge in [0.05, 0.1) is 13.2 Å². The van der Waals surface area contributed by atoms with Crippen molar-refractivity contribution < 1.29 is 9.53 Å². The summed E-state index contributed by atoms with van der Waals surface area (Å²) < 4.78 is 5.36. The first-order valence-corrected chi connectivity index (χ1v) is 9.58. The maximum atomic E-state index is 11.8. The second-order valence-electron chi connectivity index (χ2n) is 6.09. The molecule has 0 bridgehead atoms. The molecule has 0 saturated carbocycles. The number of amides is 1. The van der Waals surface area contributed by atoms with Gasteiger partial charge in [0, 0.05) is 51.7 Å². The molecule has 0 aromatic carbocycles. The van der Waals surface area contributed by atoms with Crippen LogP contribution in [0.25, 0.3) is 0 Å². The Kier molecular flexibility index (Phi) is 8.71. The van der Waals surface area contributed by atoms with E-state index in [-0.39, 0.29) is 12.5 Å². The first-order valence-electron chi connectivity index (χ1n) is 8.70. The highest BCUT2D eigenvalue weighted by molar-refractivity contribution is 7.09. The van der Waals surface area contributed by atoms with Crippen molar-refractivity contribution in [3.05, 3.63) is 22.4 Å². The minimum atomic E-state index is -0.00691. The molecule has 2 heterocycles. The fourth-order valence-electron chi connectivity index (χ4n) is 2.38. The van der Waals surface area contributed by atoms with Gasteiger partial charge in [-0.1, -0.05) is 6.07 Å². The number of nitrogens with zero attached hydrogens (tertiary/aromatic N) is 3. The van der Waals surface area contributed by atoms with Crippen LogP contribution in [0, 0.1) is 0 Å². The molecule has 1 aliphatic rings. The molecule has 8 heteroatoms. The number of guanidine groups is 1. The van der Waals surface area contributed by atoms with E-state index in [1.165, 1.54) is 4.88 Å². The molecular weight excluding hydrogens is 338 g/mol. The molecule has 0 spiro atoms. The number of morpholine rings is 1. The third kappa shape index (κ3) is 7.85. The smallest absolute Gasteiger partial charge is 0.243 e. The van der Waals surface area contributed by atoms with Gasteiger partial charge in [-0.05, 0) is 17.9 Å². The van der Waals surface area contributed by atoms with Gasteiger partial charge in [-0.25, -0.2) is 4.99 Å². The predicted octanol–water partition coefficient (Wildman–Crippen LogP) is 0.246. The Hall–Kier alpha value is -1.64. The van der Waals surface area contributed by atoms with Gasteiger partial charge in [-0.15, -0.1) is 11.3 Å². The Labute approximate surface area is 154 Å². The number of hydrogen-bond acceptors (Lipinski definition) is 5. The normalized spacial score (nSPS) is 15.8. The molecule has 1 amide bonds. The zero-order valence-electron chi connectivity index (χ0n) is 15.2. The van der Waals surface area contributed by atoms with E-state index in [2.05, 4.69) is 38.0 Å². The largest absolute Gasteiger partial charge is 0.379 e. The quantitative estimate of drug-likeness (QED) is 0.509. The zero-order valence-corrected chi connectivity index (χ0v) is 16.0. The van der Waals surface area contributed by atoms with E-state index < -0.39 is 0 Å². The van der Waals surface area contributed by atoms with E-state index in [9.17, 15) is 4.79 Å². The average molecular weight is 368 g/mol. The Morgan fingerprint density at radius 2 is 2.08 bits per heavy atom. The lowest BCUT2D eigenvalue weighted by molar-refractivity contribution is -0.127. The second-order valence-corrected chi connectivity index (χ2v) is 7.12.